The predicted molar refractivity (Wildman–Crippen MR) is 320 cm³/mol. The summed E-state index contributed by atoms with van der Waals surface area (Å²) in [5.41, 5.74) is 11.6. The lowest BCUT2D eigenvalue weighted by Gasteiger charge is -2.44. The van der Waals surface area contributed by atoms with Gasteiger partial charge in [0, 0.05) is 74.7 Å². The Morgan fingerprint density at radius 3 is 1.42 bits per heavy atom. The largest absolute Gasteiger partial charge is 0.478 e. The highest BCUT2D eigenvalue weighted by Crippen LogP contribution is 2.51. The fourth-order valence-electron chi connectivity index (χ4n) is 10.6. The minimum atomic E-state index is -0.994. The van der Waals surface area contributed by atoms with Gasteiger partial charge in [-0.2, -0.15) is 0 Å². The number of nitrogens with one attached hydrogen (secondary N) is 1. The van der Waals surface area contributed by atoms with E-state index in [9.17, 15) is 29.1 Å². The van der Waals surface area contributed by atoms with Gasteiger partial charge in [-0.15, -0.1) is 0 Å². The number of hydrogen-bond donors (Lipinski definition) is 4. The number of anilines is 4. The van der Waals surface area contributed by atoms with Crippen molar-refractivity contribution < 1.29 is 39.3 Å². The third kappa shape index (κ3) is 13.3. The van der Waals surface area contributed by atoms with Crippen molar-refractivity contribution in [2.24, 2.45) is 0 Å². The number of carboxylic acid groups (broad SMARTS) is 2. The summed E-state index contributed by atoms with van der Waals surface area (Å²) < 4.78 is 0. The Bertz CT molecular complexity index is 3330. The third-order valence-corrected chi connectivity index (χ3v) is 15.9. The quantitative estimate of drug-likeness (QED) is 0.0609. The molecule has 8 rings (SSSR count). The minimum absolute atomic E-state index is 0.121. The summed E-state index contributed by atoms with van der Waals surface area (Å²) in [6.07, 6.45) is 9.66. The van der Waals surface area contributed by atoms with Gasteiger partial charge in [-0.05, 0) is 183 Å². The molecule has 412 valence electrons. The molecule has 12 nitrogen and oxygen atoms in total. The van der Waals surface area contributed by atoms with Crippen LogP contribution in [0.1, 0.15) is 178 Å². The molecule has 0 aliphatic heterocycles. The standard InChI is InChI=1S/C34H38N2O4.C33H38N2O4/c1-33(2)18-19-34(3,4)30-27(33)20-25(29(37)17-10-22-8-11-24(12-9-22)32(39)40)21-28(30)36(7)31(38)23-13-15-26(16-14-23)35(5)6;1-32(2)17-18-33(3,4)29-26(32)19-24(28(36)16-9-21-7-10-23(11-8-21)31(38)39)20-27(29)34-30(37)22-12-14-25(15-13-22)35(5)6/h8-17,20-21H,18-19H2,1-7H3,(H,39,40);7-16,19-20,28,36H,17-18H2,1-6H3,(H,34,37)(H,38,39). The van der Waals surface area contributed by atoms with E-state index in [0.717, 1.165) is 81.8 Å². The van der Waals surface area contributed by atoms with Crippen LogP contribution in [0.5, 0.6) is 0 Å². The molecule has 2 amide bonds. The number of rotatable bonds is 14. The Morgan fingerprint density at radius 2 is 0.937 bits per heavy atom. The van der Waals surface area contributed by atoms with Crippen LogP contribution >= 0.6 is 0 Å². The van der Waals surface area contributed by atoms with Crippen molar-refractivity contribution in [1.82, 2.24) is 0 Å². The second-order valence-electron chi connectivity index (χ2n) is 24.0. The first-order chi connectivity index (χ1) is 37.0. The van der Waals surface area contributed by atoms with Gasteiger partial charge < -0.3 is 35.3 Å². The number of hydrogen-bond acceptors (Lipinski definition) is 8. The molecule has 0 radical (unpaired) electrons. The molecule has 0 fully saturated rings. The molecule has 6 aromatic carbocycles. The average Bonchev–Trinajstić information content (AvgIpc) is 3.60. The number of allylic oxidation sites excluding steroid dienone is 1. The SMILES string of the molecule is CN(C)c1ccc(C(=O)N(C)c2cc(C(=O)C=Cc3ccc(C(=O)O)cc3)cc3c2C(C)(C)CCC3(C)C)cc1.CN(C)c1ccc(C(=O)Nc2cc(C(O)C=Cc3ccc(C(=O)O)cc3)cc3c2C(C)(C)CCC3(C)C)cc1. The molecule has 0 saturated heterocycles. The number of carbonyl (C=O) groups is 5. The first-order valence-electron chi connectivity index (χ1n) is 26.8. The number of aliphatic hydroxyl groups is 1. The Kier molecular flexibility index (Phi) is 17.1. The second-order valence-corrected chi connectivity index (χ2v) is 24.0. The van der Waals surface area contributed by atoms with Crippen LogP contribution in [0.25, 0.3) is 12.2 Å². The van der Waals surface area contributed by atoms with E-state index in [4.69, 9.17) is 10.2 Å². The Balaban J connectivity index is 0.000000229. The van der Waals surface area contributed by atoms with Crippen molar-refractivity contribution in [3.63, 3.8) is 0 Å². The summed E-state index contributed by atoms with van der Waals surface area (Å²) >= 11 is 0. The lowest BCUT2D eigenvalue weighted by Crippen LogP contribution is -2.37. The second kappa shape index (κ2) is 23.1. The maximum Gasteiger partial charge on any atom is 0.335 e. The van der Waals surface area contributed by atoms with E-state index in [1.807, 2.05) is 105 Å². The first-order valence-corrected chi connectivity index (χ1v) is 26.8. The van der Waals surface area contributed by atoms with Crippen molar-refractivity contribution >= 4 is 64.4 Å². The van der Waals surface area contributed by atoms with Crippen molar-refractivity contribution in [3.05, 3.63) is 200 Å². The Hall–Kier alpha value is -8.09. The summed E-state index contributed by atoms with van der Waals surface area (Å²) in [6, 6.07) is 35.7. The van der Waals surface area contributed by atoms with Crippen molar-refractivity contribution in [2.45, 2.75) is 109 Å². The Morgan fingerprint density at radius 1 is 0.506 bits per heavy atom. The van der Waals surface area contributed by atoms with E-state index >= 15 is 0 Å². The van der Waals surface area contributed by atoms with E-state index in [2.05, 4.69) is 66.8 Å². The molecule has 1 unspecified atom stereocenters. The van der Waals surface area contributed by atoms with Crippen LogP contribution in [-0.4, -0.2) is 80.1 Å². The van der Waals surface area contributed by atoms with Gasteiger partial charge in [-0.1, -0.05) is 104 Å². The van der Waals surface area contributed by atoms with Gasteiger partial charge in [0.1, 0.15) is 0 Å². The topological polar surface area (TPSA) is 168 Å². The van der Waals surface area contributed by atoms with Crippen LogP contribution in [0.3, 0.4) is 0 Å². The lowest BCUT2D eigenvalue weighted by molar-refractivity contribution is 0.0686. The number of amides is 2. The number of fused-ring (bicyclic) bond motifs is 2. The van der Waals surface area contributed by atoms with Crippen LogP contribution in [-0.2, 0) is 21.7 Å². The van der Waals surface area contributed by atoms with Gasteiger partial charge in [0.25, 0.3) is 11.8 Å². The van der Waals surface area contributed by atoms with Crippen LogP contribution in [0, 0.1) is 0 Å². The summed E-state index contributed by atoms with van der Waals surface area (Å²) in [7, 11) is 9.62. The van der Waals surface area contributed by atoms with Crippen LogP contribution in [0.15, 0.2) is 133 Å². The zero-order valence-electron chi connectivity index (χ0n) is 48.0. The summed E-state index contributed by atoms with van der Waals surface area (Å²) in [5.74, 6) is -2.48. The summed E-state index contributed by atoms with van der Waals surface area (Å²) in [4.78, 5) is 68.5. The predicted octanol–water partition coefficient (Wildman–Crippen LogP) is 13.8. The highest BCUT2D eigenvalue weighted by atomic mass is 16.4. The molecular formula is C67H76N4O8. The number of carbonyl (C=O) groups excluding carboxylic acids is 3. The van der Waals surface area contributed by atoms with E-state index in [1.54, 1.807) is 54.4 Å². The number of aromatic carboxylic acids is 2. The van der Waals surface area contributed by atoms with E-state index in [-0.39, 0.29) is 50.4 Å². The highest BCUT2D eigenvalue weighted by Gasteiger charge is 2.42. The smallest absolute Gasteiger partial charge is 0.335 e. The summed E-state index contributed by atoms with van der Waals surface area (Å²) in [5, 5.41) is 32.6. The fraction of sp³-hybridized carbons (Fsp3) is 0.328. The van der Waals surface area contributed by atoms with Gasteiger partial charge >= 0.3 is 11.9 Å². The molecule has 2 aliphatic carbocycles. The maximum atomic E-state index is 13.7. The molecule has 1 atom stereocenters. The molecule has 0 spiro atoms. The number of carboxylic acids is 2. The van der Waals surface area contributed by atoms with Crippen LogP contribution < -0.4 is 20.0 Å². The average molecular weight is 1070 g/mol. The van der Waals surface area contributed by atoms with Crippen molar-refractivity contribution in [3.8, 4) is 0 Å². The van der Waals surface area contributed by atoms with Crippen molar-refractivity contribution in [2.75, 3.05) is 55.3 Å². The monoisotopic (exact) mass is 1060 g/mol. The molecule has 12 heteroatoms. The molecular weight excluding hydrogens is 989 g/mol. The highest BCUT2D eigenvalue weighted by molar-refractivity contribution is 6.10. The molecule has 4 N–H and O–H groups in total. The number of ketones is 1. The van der Waals surface area contributed by atoms with Crippen molar-refractivity contribution in [1.29, 1.82) is 0 Å². The van der Waals surface area contributed by atoms with Gasteiger partial charge in [-0.25, -0.2) is 9.59 Å². The van der Waals surface area contributed by atoms with E-state index < -0.39 is 18.0 Å². The molecule has 79 heavy (non-hydrogen) atoms. The molecule has 0 bridgehead atoms. The van der Waals surface area contributed by atoms with Gasteiger partial charge in [-0.3, -0.25) is 14.4 Å². The molecule has 6 aromatic rings. The first kappa shape index (κ1) is 58.6. The molecule has 0 saturated carbocycles. The van der Waals surface area contributed by atoms with Gasteiger partial charge in [0.2, 0.25) is 0 Å². The minimum Gasteiger partial charge on any atom is -0.478 e. The van der Waals surface area contributed by atoms with Gasteiger partial charge in [0.05, 0.1) is 17.2 Å². The number of aliphatic hydroxyl groups excluding tert-OH is 1. The normalized spacial score (nSPS) is 15.9. The van der Waals surface area contributed by atoms with E-state index in [0.29, 0.717) is 22.3 Å². The molecule has 0 heterocycles. The van der Waals surface area contributed by atoms with Crippen LogP contribution in [0.4, 0.5) is 22.7 Å². The van der Waals surface area contributed by atoms with E-state index in [1.165, 1.54) is 30.3 Å². The molecule has 2 aliphatic rings. The maximum absolute atomic E-state index is 13.7. The third-order valence-electron chi connectivity index (χ3n) is 15.9. The lowest BCUT2D eigenvalue weighted by atomic mass is 9.62. The zero-order chi connectivity index (χ0) is 57.9. The van der Waals surface area contributed by atoms with Gasteiger partial charge in [0.15, 0.2) is 5.78 Å². The number of nitrogens with zero attached hydrogens (tertiary/aromatic N) is 3. The summed E-state index contributed by atoms with van der Waals surface area (Å²) in [6.45, 7) is 17.6. The molecule has 0 aromatic heterocycles. The number of benzene rings is 6. The Labute approximate surface area is 466 Å². The van der Waals surface area contributed by atoms with Crippen LogP contribution in [0.2, 0.25) is 0 Å². The fourth-order valence-corrected chi connectivity index (χ4v) is 10.6. The zero-order valence-corrected chi connectivity index (χ0v) is 48.0.